The van der Waals surface area contributed by atoms with Gasteiger partial charge in [0, 0.05) is 17.8 Å². The van der Waals surface area contributed by atoms with Crippen LogP contribution in [-0.4, -0.2) is 26.0 Å². The van der Waals surface area contributed by atoms with Gasteiger partial charge < -0.3 is 10.1 Å². The third-order valence-electron chi connectivity index (χ3n) is 3.14. The highest BCUT2D eigenvalue weighted by Crippen LogP contribution is 2.37. The standard InChI is InChI=1S/C14H11F3N2O5S/c1-24-11-5-2-9(3-6-11)18-12-7-4-10(19(20)21)8-13(12)25(22,23)14(15,16)17/h2-8,18H,1H3. The van der Waals surface area contributed by atoms with Crippen molar-refractivity contribution in [1.29, 1.82) is 0 Å². The summed E-state index contributed by atoms with van der Waals surface area (Å²) in [6, 6.07) is 8.09. The lowest BCUT2D eigenvalue weighted by Gasteiger charge is -2.14. The summed E-state index contributed by atoms with van der Waals surface area (Å²) in [5.41, 5.74) is -6.54. The maximum Gasteiger partial charge on any atom is 0.501 e. The minimum absolute atomic E-state index is 0.272. The van der Waals surface area contributed by atoms with Crippen molar-refractivity contribution in [3.05, 3.63) is 52.6 Å². The second-order valence-corrected chi connectivity index (χ2v) is 6.65. The van der Waals surface area contributed by atoms with Crippen LogP contribution in [0.25, 0.3) is 0 Å². The number of halogens is 3. The normalized spacial score (nSPS) is 11.8. The molecule has 0 atom stereocenters. The van der Waals surface area contributed by atoms with E-state index in [2.05, 4.69) is 5.32 Å². The number of hydrogen-bond acceptors (Lipinski definition) is 6. The van der Waals surface area contributed by atoms with Crippen LogP contribution in [0.5, 0.6) is 5.75 Å². The number of ether oxygens (including phenoxy) is 1. The average Bonchev–Trinajstić information content (AvgIpc) is 2.54. The molecule has 7 nitrogen and oxygen atoms in total. The lowest BCUT2D eigenvalue weighted by molar-refractivity contribution is -0.385. The molecule has 0 fully saturated rings. The second kappa shape index (κ2) is 6.59. The second-order valence-electron chi connectivity index (χ2n) is 4.74. The molecule has 134 valence electrons. The van der Waals surface area contributed by atoms with Crippen LogP contribution in [0.4, 0.5) is 30.2 Å². The molecule has 2 rings (SSSR count). The fraction of sp³-hybridized carbons (Fsp3) is 0.143. The molecule has 0 aromatic heterocycles. The van der Waals surface area contributed by atoms with Gasteiger partial charge >= 0.3 is 5.51 Å². The zero-order valence-corrected chi connectivity index (χ0v) is 13.4. The molecular weight excluding hydrogens is 365 g/mol. The van der Waals surface area contributed by atoms with Crippen LogP contribution >= 0.6 is 0 Å². The molecule has 0 saturated carbocycles. The number of nitro benzene ring substituents is 1. The molecule has 0 bridgehead atoms. The monoisotopic (exact) mass is 376 g/mol. The first-order chi connectivity index (χ1) is 11.6. The van der Waals surface area contributed by atoms with Gasteiger partial charge in [0.15, 0.2) is 0 Å². The van der Waals surface area contributed by atoms with Crippen molar-refractivity contribution in [1.82, 2.24) is 0 Å². The number of nitrogens with zero attached hydrogens (tertiary/aromatic N) is 1. The Hall–Kier alpha value is -2.82. The molecule has 0 spiro atoms. The maximum absolute atomic E-state index is 12.9. The molecule has 0 aliphatic heterocycles. The summed E-state index contributed by atoms with van der Waals surface area (Å²) in [4.78, 5) is 8.55. The van der Waals surface area contributed by atoms with E-state index in [9.17, 15) is 31.7 Å². The Bertz CT molecular complexity index is 896. The average molecular weight is 376 g/mol. The lowest BCUT2D eigenvalue weighted by Crippen LogP contribution is -2.24. The van der Waals surface area contributed by atoms with Crippen molar-refractivity contribution < 1.29 is 31.2 Å². The number of methoxy groups -OCH3 is 1. The van der Waals surface area contributed by atoms with Gasteiger partial charge in [0.25, 0.3) is 15.5 Å². The van der Waals surface area contributed by atoms with Gasteiger partial charge in [-0.2, -0.15) is 13.2 Å². The molecule has 1 N–H and O–H groups in total. The van der Waals surface area contributed by atoms with E-state index in [1.807, 2.05) is 0 Å². The summed E-state index contributed by atoms with van der Waals surface area (Å²) in [5, 5.41) is 13.3. The van der Waals surface area contributed by atoms with Gasteiger partial charge in [-0.15, -0.1) is 0 Å². The van der Waals surface area contributed by atoms with Crippen LogP contribution in [0.3, 0.4) is 0 Å². The van der Waals surface area contributed by atoms with Gasteiger partial charge in [0.2, 0.25) is 0 Å². The van der Waals surface area contributed by atoms with Crippen LogP contribution < -0.4 is 10.1 Å². The number of benzene rings is 2. The Labute approximate surface area is 140 Å². The number of sulfone groups is 1. The first-order valence-electron chi connectivity index (χ1n) is 6.57. The Morgan fingerprint density at radius 1 is 1.12 bits per heavy atom. The highest BCUT2D eigenvalue weighted by Gasteiger charge is 2.48. The van der Waals surface area contributed by atoms with Crippen molar-refractivity contribution in [2.45, 2.75) is 10.4 Å². The fourth-order valence-electron chi connectivity index (χ4n) is 1.90. The largest absolute Gasteiger partial charge is 0.501 e. The highest BCUT2D eigenvalue weighted by atomic mass is 32.2. The van der Waals surface area contributed by atoms with E-state index in [4.69, 9.17) is 4.74 Å². The SMILES string of the molecule is COc1ccc(Nc2ccc([N+](=O)[O-])cc2S(=O)(=O)C(F)(F)F)cc1. The van der Waals surface area contributed by atoms with Crippen molar-refractivity contribution in [3.63, 3.8) is 0 Å². The molecule has 0 unspecified atom stereocenters. The molecule has 0 aliphatic rings. The number of non-ortho nitro benzene ring substituents is 1. The van der Waals surface area contributed by atoms with Gasteiger partial charge in [-0.1, -0.05) is 0 Å². The van der Waals surface area contributed by atoms with Crippen LogP contribution in [0.2, 0.25) is 0 Å². The molecule has 0 aliphatic carbocycles. The van der Waals surface area contributed by atoms with Crippen molar-refractivity contribution >= 4 is 26.9 Å². The molecule has 11 heteroatoms. The number of rotatable bonds is 5. The van der Waals surface area contributed by atoms with Crippen LogP contribution in [0.1, 0.15) is 0 Å². The Balaban J connectivity index is 2.55. The number of nitrogens with one attached hydrogen (secondary N) is 1. The van der Waals surface area contributed by atoms with E-state index in [0.29, 0.717) is 11.8 Å². The van der Waals surface area contributed by atoms with Gasteiger partial charge in [-0.25, -0.2) is 8.42 Å². The zero-order valence-electron chi connectivity index (χ0n) is 12.6. The Morgan fingerprint density at radius 2 is 1.72 bits per heavy atom. The van der Waals surface area contributed by atoms with E-state index in [1.165, 1.54) is 31.4 Å². The predicted octanol–water partition coefficient (Wildman–Crippen LogP) is 3.64. The summed E-state index contributed by atoms with van der Waals surface area (Å²) in [6.07, 6.45) is 0. The smallest absolute Gasteiger partial charge is 0.497 e. The van der Waals surface area contributed by atoms with Gasteiger partial charge in [-0.3, -0.25) is 10.1 Å². The summed E-state index contributed by atoms with van der Waals surface area (Å²) in [5.74, 6) is 0.484. The van der Waals surface area contributed by atoms with Crippen LogP contribution in [0, 0.1) is 10.1 Å². The summed E-state index contributed by atoms with van der Waals surface area (Å²) < 4.78 is 67.0. The fourth-order valence-corrected chi connectivity index (χ4v) is 2.84. The first-order valence-corrected chi connectivity index (χ1v) is 8.05. The molecule has 0 saturated heterocycles. The summed E-state index contributed by atoms with van der Waals surface area (Å²) in [6.45, 7) is 0. The minimum Gasteiger partial charge on any atom is -0.497 e. The maximum atomic E-state index is 12.9. The third-order valence-corrected chi connectivity index (χ3v) is 4.67. The molecule has 0 amide bonds. The number of nitro groups is 1. The van der Waals surface area contributed by atoms with Crippen molar-refractivity contribution in [2.24, 2.45) is 0 Å². The Kier molecular flexibility index (Phi) is 4.88. The molecular formula is C14H11F3N2O5S. The minimum atomic E-state index is -5.79. The predicted molar refractivity (Wildman–Crippen MR) is 82.6 cm³/mol. The lowest BCUT2D eigenvalue weighted by atomic mass is 10.2. The molecule has 0 heterocycles. The number of alkyl halides is 3. The van der Waals surface area contributed by atoms with Crippen molar-refractivity contribution in [3.8, 4) is 5.75 Å². The molecule has 0 radical (unpaired) electrons. The van der Waals surface area contributed by atoms with Crippen LogP contribution in [0.15, 0.2) is 47.4 Å². The third kappa shape index (κ3) is 3.82. The number of anilines is 2. The van der Waals surface area contributed by atoms with E-state index in [1.54, 1.807) is 0 Å². The summed E-state index contributed by atoms with van der Waals surface area (Å²) >= 11 is 0. The molecule has 25 heavy (non-hydrogen) atoms. The van der Waals surface area contributed by atoms with Crippen LogP contribution in [-0.2, 0) is 9.84 Å². The molecule has 2 aromatic rings. The van der Waals surface area contributed by atoms with Crippen molar-refractivity contribution in [2.75, 3.05) is 12.4 Å². The van der Waals surface area contributed by atoms with Gasteiger partial charge in [0.05, 0.1) is 17.7 Å². The first kappa shape index (κ1) is 18.5. The topological polar surface area (TPSA) is 98.5 Å². The van der Waals surface area contributed by atoms with E-state index < -0.39 is 36.5 Å². The van der Waals surface area contributed by atoms with E-state index in [-0.39, 0.29) is 5.69 Å². The van der Waals surface area contributed by atoms with E-state index in [0.717, 1.165) is 12.1 Å². The van der Waals surface area contributed by atoms with Gasteiger partial charge in [-0.05, 0) is 30.3 Å². The number of hydrogen-bond donors (Lipinski definition) is 1. The summed E-state index contributed by atoms with van der Waals surface area (Å²) in [7, 11) is -4.36. The quantitative estimate of drug-likeness (QED) is 0.632. The van der Waals surface area contributed by atoms with Gasteiger partial charge in [0.1, 0.15) is 10.6 Å². The zero-order chi connectivity index (χ0) is 18.8. The highest BCUT2D eigenvalue weighted by molar-refractivity contribution is 7.92. The van der Waals surface area contributed by atoms with E-state index >= 15 is 0 Å². The Morgan fingerprint density at radius 3 is 2.20 bits per heavy atom. The molecule has 2 aromatic carbocycles.